The first kappa shape index (κ1) is 17.5. The Morgan fingerprint density at radius 1 is 1.27 bits per heavy atom. The molecule has 2 aromatic rings. The third kappa shape index (κ3) is 2.82. The zero-order valence-corrected chi connectivity index (χ0v) is 15.8. The van der Waals surface area contributed by atoms with Gasteiger partial charge in [-0.05, 0) is 42.5 Å². The summed E-state index contributed by atoms with van der Waals surface area (Å²) in [7, 11) is -0.131. The summed E-state index contributed by atoms with van der Waals surface area (Å²) in [6.07, 6.45) is 5.08. The van der Waals surface area contributed by atoms with Crippen molar-refractivity contribution in [2.75, 3.05) is 26.8 Å². The summed E-state index contributed by atoms with van der Waals surface area (Å²) in [6, 6.07) is 6.09. The van der Waals surface area contributed by atoms with Gasteiger partial charge < -0.3 is 9.47 Å². The third-order valence-electron chi connectivity index (χ3n) is 5.40. The number of aryl methyl sites for hydroxylation is 1. The molecule has 1 aromatic heterocycles. The van der Waals surface area contributed by atoms with E-state index in [-0.39, 0.29) is 4.90 Å². The number of methoxy groups -OCH3 is 1. The molecule has 2 aliphatic rings. The molecule has 0 aliphatic carbocycles. The molecule has 140 valence electrons. The average Bonchev–Trinajstić information content (AvgIpc) is 3.09. The predicted molar refractivity (Wildman–Crippen MR) is 95.5 cm³/mol. The summed E-state index contributed by atoms with van der Waals surface area (Å²) in [5.74, 6) is 0.845. The number of sulfonamides is 1. The number of hydrogen-bond donors (Lipinski definition) is 0. The van der Waals surface area contributed by atoms with Crippen LogP contribution in [0.3, 0.4) is 0 Å². The molecule has 0 unspecified atom stereocenters. The molecule has 0 atom stereocenters. The normalized spacial score (nSPS) is 20.1. The van der Waals surface area contributed by atoms with Crippen molar-refractivity contribution in [1.29, 1.82) is 0 Å². The Morgan fingerprint density at radius 2 is 2.04 bits per heavy atom. The average molecular weight is 377 g/mol. The van der Waals surface area contributed by atoms with Gasteiger partial charge in [-0.15, -0.1) is 0 Å². The molecule has 0 amide bonds. The van der Waals surface area contributed by atoms with Crippen molar-refractivity contribution in [3.05, 3.63) is 41.7 Å². The zero-order chi connectivity index (χ0) is 18.4. The number of nitrogens with zero attached hydrogens (tertiary/aromatic N) is 3. The van der Waals surface area contributed by atoms with E-state index in [1.807, 2.05) is 6.07 Å². The molecule has 0 N–H and O–H groups in total. The maximum Gasteiger partial charge on any atom is 0.246 e. The number of benzene rings is 1. The van der Waals surface area contributed by atoms with Gasteiger partial charge in [0.2, 0.25) is 10.0 Å². The molecule has 1 fully saturated rings. The van der Waals surface area contributed by atoms with Crippen LogP contribution in [-0.2, 0) is 33.8 Å². The van der Waals surface area contributed by atoms with E-state index in [2.05, 4.69) is 17.2 Å². The lowest BCUT2D eigenvalue weighted by Gasteiger charge is -2.44. The van der Waals surface area contributed by atoms with Gasteiger partial charge in [0, 0.05) is 26.3 Å². The fourth-order valence-corrected chi connectivity index (χ4v) is 5.39. The number of aromatic nitrogens is 2. The largest absolute Gasteiger partial charge is 0.497 e. The molecule has 1 saturated heterocycles. The fraction of sp³-hybridized carbons (Fsp3) is 0.500. The Kier molecular flexibility index (Phi) is 4.29. The molecule has 1 spiro atoms. The van der Waals surface area contributed by atoms with Gasteiger partial charge in [0.15, 0.2) is 0 Å². The summed E-state index contributed by atoms with van der Waals surface area (Å²) < 4.78 is 40.2. The second-order valence-electron chi connectivity index (χ2n) is 6.87. The highest BCUT2D eigenvalue weighted by Gasteiger charge is 2.43. The second kappa shape index (κ2) is 6.37. The van der Waals surface area contributed by atoms with Crippen molar-refractivity contribution in [3.63, 3.8) is 0 Å². The molecule has 7 nitrogen and oxygen atoms in total. The van der Waals surface area contributed by atoms with Crippen LogP contribution < -0.4 is 4.74 Å². The Bertz CT molecular complexity index is 914. The Labute approximate surface area is 153 Å². The van der Waals surface area contributed by atoms with Gasteiger partial charge in [-0.2, -0.15) is 9.40 Å². The molecule has 1 aromatic carbocycles. The topological polar surface area (TPSA) is 73.7 Å². The minimum absolute atomic E-state index is 0.241. The first-order valence-corrected chi connectivity index (χ1v) is 10.2. The molecule has 0 saturated carbocycles. The van der Waals surface area contributed by atoms with Crippen molar-refractivity contribution in [2.24, 2.45) is 7.05 Å². The molecule has 8 heteroatoms. The first-order valence-electron chi connectivity index (χ1n) is 8.75. The van der Waals surface area contributed by atoms with Crippen molar-refractivity contribution in [1.82, 2.24) is 14.1 Å². The smallest absolute Gasteiger partial charge is 0.246 e. The standard InChI is InChI=1S/C18H23N3O4S/c1-20-13-16(12-19-20)26(22,23)21-8-6-18(7-9-21)17-4-3-15(24-2)11-14(17)5-10-25-18/h3-4,11-13H,5-10H2,1-2H3. The zero-order valence-electron chi connectivity index (χ0n) is 15.0. The molecule has 2 aliphatic heterocycles. The van der Waals surface area contributed by atoms with Crippen LogP contribution in [-0.4, -0.2) is 49.3 Å². The van der Waals surface area contributed by atoms with Gasteiger partial charge in [-0.25, -0.2) is 8.42 Å². The Hall–Kier alpha value is -1.90. The van der Waals surface area contributed by atoms with E-state index in [9.17, 15) is 8.42 Å². The van der Waals surface area contributed by atoms with Crippen molar-refractivity contribution < 1.29 is 17.9 Å². The minimum atomic E-state index is -3.51. The first-order chi connectivity index (χ1) is 12.4. The van der Waals surface area contributed by atoms with Crippen LogP contribution in [0.1, 0.15) is 24.0 Å². The van der Waals surface area contributed by atoms with E-state index in [4.69, 9.17) is 9.47 Å². The van der Waals surface area contributed by atoms with Crippen molar-refractivity contribution in [3.8, 4) is 5.75 Å². The molecule has 3 heterocycles. The third-order valence-corrected chi connectivity index (χ3v) is 7.25. The van der Waals surface area contributed by atoms with Gasteiger partial charge in [-0.3, -0.25) is 4.68 Å². The molecular formula is C18H23N3O4S. The van der Waals surface area contributed by atoms with E-state index in [1.54, 1.807) is 20.4 Å². The number of piperidine rings is 1. The van der Waals surface area contributed by atoms with Crippen LogP contribution in [0.15, 0.2) is 35.5 Å². The van der Waals surface area contributed by atoms with Gasteiger partial charge in [-0.1, -0.05) is 6.07 Å². The van der Waals surface area contributed by atoms with Crippen LogP contribution in [0.2, 0.25) is 0 Å². The van der Waals surface area contributed by atoms with Crippen molar-refractivity contribution in [2.45, 2.75) is 29.8 Å². The monoisotopic (exact) mass is 377 g/mol. The van der Waals surface area contributed by atoms with Crippen LogP contribution in [0.4, 0.5) is 0 Å². The molecule has 0 radical (unpaired) electrons. The van der Waals surface area contributed by atoms with Crippen LogP contribution in [0.5, 0.6) is 5.75 Å². The quantitative estimate of drug-likeness (QED) is 0.814. The predicted octanol–water partition coefficient (Wildman–Crippen LogP) is 1.68. The van der Waals surface area contributed by atoms with Gasteiger partial charge in [0.1, 0.15) is 10.6 Å². The fourth-order valence-electron chi connectivity index (χ4n) is 3.96. The Balaban J connectivity index is 1.58. The van der Waals surface area contributed by atoms with Crippen LogP contribution >= 0.6 is 0 Å². The highest BCUT2D eigenvalue weighted by molar-refractivity contribution is 7.89. The number of hydrogen-bond acceptors (Lipinski definition) is 5. The second-order valence-corrected chi connectivity index (χ2v) is 8.81. The van der Waals surface area contributed by atoms with E-state index < -0.39 is 15.6 Å². The van der Waals surface area contributed by atoms with Crippen LogP contribution in [0, 0.1) is 0 Å². The summed E-state index contributed by atoms with van der Waals surface area (Å²) in [5.41, 5.74) is 2.00. The lowest BCUT2D eigenvalue weighted by atomic mass is 9.80. The number of rotatable bonds is 3. The molecule has 0 bridgehead atoms. The Morgan fingerprint density at radius 3 is 2.69 bits per heavy atom. The highest BCUT2D eigenvalue weighted by atomic mass is 32.2. The lowest BCUT2D eigenvalue weighted by Crippen LogP contribution is -2.48. The molecule has 4 rings (SSSR count). The molecular weight excluding hydrogens is 354 g/mol. The SMILES string of the molecule is COc1ccc2c(c1)CCOC21CCN(S(=O)(=O)c2cnn(C)c2)CC1. The van der Waals surface area contributed by atoms with E-state index in [0.29, 0.717) is 32.5 Å². The van der Waals surface area contributed by atoms with Gasteiger partial charge in [0.25, 0.3) is 0 Å². The summed E-state index contributed by atoms with van der Waals surface area (Å²) in [5, 5.41) is 3.98. The van der Waals surface area contributed by atoms with E-state index in [1.165, 1.54) is 26.3 Å². The van der Waals surface area contributed by atoms with Crippen LogP contribution in [0.25, 0.3) is 0 Å². The lowest BCUT2D eigenvalue weighted by molar-refractivity contribution is -0.0892. The maximum atomic E-state index is 12.8. The molecule has 26 heavy (non-hydrogen) atoms. The number of ether oxygens (including phenoxy) is 2. The van der Waals surface area contributed by atoms with Gasteiger partial charge >= 0.3 is 0 Å². The number of fused-ring (bicyclic) bond motifs is 2. The van der Waals surface area contributed by atoms with Crippen molar-refractivity contribution >= 4 is 10.0 Å². The highest BCUT2D eigenvalue weighted by Crippen LogP contribution is 2.43. The minimum Gasteiger partial charge on any atom is -0.497 e. The summed E-state index contributed by atoms with van der Waals surface area (Å²) in [4.78, 5) is 0.241. The van der Waals surface area contributed by atoms with E-state index >= 15 is 0 Å². The van der Waals surface area contributed by atoms with E-state index in [0.717, 1.165) is 12.2 Å². The van der Waals surface area contributed by atoms with Gasteiger partial charge in [0.05, 0.1) is 25.5 Å². The maximum absolute atomic E-state index is 12.8. The summed E-state index contributed by atoms with van der Waals surface area (Å²) in [6.45, 7) is 1.51. The summed E-state index contributed by atoms with van der Waals surface area (Å²) >= 11 is 0.